The van der Waals surface area contributed by atoms with Gasteiger partial charge < -0.3 is 18.8 Å². The first kappa shape index (κ1) is 20.9. The molecule has 0 radical (unpaired) electrons. The minimum Gasteiger partial charge on any atom is -0.480 e. The normalized spacial score (nSPS) is 19.8. The van der Waals surface area contributed by atoms with Crippen molar-refractivity contribution in [3.05, 3.63) is 39.2 Å². The summed E-state index contributed by atoms with van der Waals surface area (Å²) in [5.74, 6) is 0.603. The number of piperidine rings is 1. The van der Waals surface area contributed by atoms with E-state index in [4.69, 9.17) is 13.9 Å². The Hall–Kier alpha value is -2.34. The van der Waals surface area contributed by atoms with Crippen LogP contribution in [-0.4, -0.2) is 43.2 Å². The summed E-state index contributed by atoms with van der Waals surface area (Å²) in [6.45, 7) is 10.6. The van der Waals surface area contributed by atoms with Gasteiger partial charge in [-0.15, -0.1) is 0 Å². The molecule has 1 amide bonds. The van der Waals surface area contributed by atoms with Gasteiger partial charge in [0, 0.05) is 31.9 Å². The van der Waals surface area contributed by atoms with E-state index < -0.39 is 6.10 Å². The number of rotatable bonds is 3. The molecular formula is C24H31NO5. The average Bonchev–Trinajstić information content (AvgIpc) is 2.72. The van der Waals surface area contributed by atoms with E-state index in [1.807, 2.05) is 30.9 Å². The van der Waals surface area contributed by atoms with Crippen molar-refractivity contribution in [2.45, 2.75) is 59.5 Å². The van der Waals surface area contributed by atoms with Crippen molar-refractivity contribution < 1.29 is 18.7 Å². The number of amides is 1. The number of hydrogen-bond acceptors (Lipinski definition) is 5. The summed E-state index contributed by atoms with van der Waals surface area (Å²) in [4.78, 5) is 27.1. The molecule has 1 atom stereocenters. The van der Waals surface area contributed by atoms with E-state index in [2.05, 4.69) is 0 Å². The third-order valence-corrected chi connectivity index (χ3v) is 7.00. The zero-order chi connectivity index (χ0) is 21.5. The number of benzene rings is 1. The van der Waals surface area contributed by atoms with Gasteiger partial charge in [0.05, 0.1) is 5.39 Å². The van der Waals surface area contributed by atoms with Crippen molar-refractivity contribution >= 4 is 16.9 Å². The molecule has 2 aliphatic rings. The fourth-order valence-corrected chi connectivity index (χ4v) is 4.78. The van der Waals surface area contributed by atoms with Gasteiger partial charge in [-0.1, -0.05) is 0 Å². The number of likely N-dealkylation sites (tertiary alicyclic amines) is 1. The molecule has 2 fully saturated rings. The molecule has 2 saturated heterocycles. The van der Waals surface area contributed by atoms with E-state index in [9.17, 15) is 9.59 Å². The maximum absolute atomic E-state index is 13.1. The lowest BCUT2D eigenvalue weighted by Crippen LogP contribution is -2.48. The summed E-state index contributed by atoms with van der Waals surface area (Å²) in [6, 6.07) is 3.74. The average molecular weight is 414 g/mol. The van der Waals surface area contributed by atoms with Crippen molar-refractivity contribution in [1.82, 2.24) is 4.90 Å². The Balaban J connectivity index is 1.52. The van der Waals surface area contributed by atoms with Crippen molar-refractivity contribution in [3.63, 3.8) is 0 Å². The highest BCUT2D eigenvalue weighted by atomic mass is 16.5. The Morgan fingerprint density at radius 3 is 2.40 bits per heavy atom. The molecular weight excluding hydrogens is 382 g/mol. The van der Waals surface area contributed by atoms with Gasteiger partial charge in [0.15, 0.2) is 6.10 Å². The van der Waals surface area contributed by atoms with Crippen LogP contribution in [0.2, 0.25) is 0 Å². The van der Waals surface area contributed by atoms with Gasteiger partial charge in [-0.25, -0.2) is 4.79 Å². The number of fused-ring (bicyclic) bond motifs is 1. The second kappa shape index (κ2) is 8.06. The third-order valence-electron chi connectivity index (χ3n) is 7.00. The van der Waals surface area contributed by atoms with Crippen LogP contribution < -0.4 is 10.4 Å². The summed E-state index contributed by atoms with van der Waals surface area (Å²) in [7, 11) is 0. The second-order valence-corrected chi connectivity index (χ2v) is 8.97. The lowest BCUT2D eigenvalue weighted by Gasteiger charge is -2.44. The minimum atomic E-state index is -0.606. The largest absolute Gasteiger partial charge is 0.480 e. The Morgan fingerprint density at radius 2 is 1.73 bits per heavy atom. The molecule has 0 saturated carbocycles. The Kier molecular flexibility index (Phi) is 5.62. The number of carbonyl (C=O) groups is 1. The molecule has 1 aromatic carbocycles. The highest BCUT2D eigenvalue weighted by Crippen LogP contribution is 2.40. The first-order chi connectivity index (χ1) is 14.3. The van der Waals surface area contributed by atoms with E-state index >= 15 is 0 Å². The molecule has 30 heavy (non-hydrogen) atoms. The maximum Gasteiger partial charge on any atom is 0.339 e. The van der Waals surface area contributed by atoms with Crippen molar-refractivity contribution in [2.75, 3.05) is 26.3 Å². The van der Waals surface area contributed by atoms with Crippen LogP contribution in [0, 0.1) is 26.2 Å². The van der Waals surface area contributed by atoms with Crippen LogP contribution in [0.5, 0.6) is 5.75 Å². The van der Waals surface area contributed by atoms with Gasteiger partial charge in [0.2, 0.25) is 0 Å². The molecule has 6 nitrogen and oxygen atoms in total. The molecule has 2 aliphatic heterocycles. The standard InChI is InChI=1S/C24H31NO5/c1-15-13-19(21-16(2)17(3)23(27)30-20(21)14-15)29-18(4)22(26)25-9-5-24(6-10-25)7-11-28-12-8-24/h13-14,18H,5-12H2,1-4H3. The maximum atomic E-state index is 13.1. The van der Waals surface area contributed by atoms with Crippen LogP contribution in [0.4, 0.5) is 0 Å². The highest BCUT2D eigenvalue weighted by molar-refractivity contribution is 5.89. The van der Waals surface area contributed by atoms with Crippen LogP contribution in [0.25, 0.3) is 11.0 Å². The lowest BCUT2D eigenvalue weighted by molar-refractivity contribution is -0.141. The van der Waals surface area contributed by atoms with Gasteiger partial charge in [0.1, 0.15) is 11.3 Å². The Bertz CT molecular complexity index is 1010. The Labute approximate surface area is 177 Å². The quantitative estimate of drug-likeness (QED) is 0.714. The van der Waals surface area contributed by atoms with Crippen LogP contribution in [0.1, 0.15) is 49.3 Å². The van der Waals surface area contributed by atoms with Gasteiger partial charge in [-0.05, 0) is 82.1 Å². The van der Waals surface area contributed by atoms with Crippen LogP contribution in [0.3, 0.4) is 0 Å². The number of carbonyl (C=O) groups excluding carboxylic acids is 1. The van der Waals surface area contributed by atoms with Crippen molar-refractivity contribution in [1.29, 1.82) is 0 Å². The molecule has 4 rings (SSSR count). The van der Waals surface area contributed by atoms with Crippen LogP contribution in [-0.2, 0) is 9.53 Å². The molecule has 6 heteroatoms. The van der Waals surface area contributed by atoms with E-state index in [0.29, 0.717) is 22.3 Å². The predicted octanol–water partition coefficient (Wildman–Crippen LogP) is 3.90. The molecule has 0 aliphatic carbocycles. The van der Waals surface area contributed by atoms with Crippen molar-refractivity contribution in [3.8, 4) is 5.75 Å². The number of aryl methyl sites for hydroxylation is 2. The zero-order valence-corrected chi connectivity index (χ0v) is 18.4. The van der Waals surface area contributed by atoms with E-state index in [1.54, 1.807) is 13.8 Å². The molecule has 1 unspecified atom stereocenters. The first-order valence-electron chi connectivity index (χ1n) is 10.9. The van der Waals surface area contributed by atoms with Gasteiger partial charge >= 0.3 is 5.63 Å². The lowest BCUT2D eigenvalue weighted by atomic mass is 9.72. The van der Waals surface area contributed by atoms with E-state index in [1.165, 1.54) is 0 Å². The topological polar surface area (TPSA) is 69.0 Å². The molecule has 1 spiro atoms. The fourth-order valence-electron chi connectivity index (χ4n) is 4.78. The number of ether oxygens (including phenoxy) is 2. The molecule has 0 N–H and O–H groups in total. The van der Waals surface area contributed by atoms with Gasteiger partial charge in [0.25, 0.3) is 5.91 Å². The molecule has 0 bridgehead atoms. The summed E-state index contributed by atoms with van der Waals surface area (Å²) in [5, 5.41) is 0.761. The smallest absolute Gasteiger partial charge is 0.339 e. The fraction of sp³-hybridized carbons (Fsp3) is 0.583. The van der Waals surface area contributed by atoms with Gasteiger partial charge in [-0.2, -0.15) is 0 Å². The minimum absolute atomic E-state index is 0.0123. The summed E-state index contributed by atoms with van der Waals surface area (Å²) >= 11 is 0. The number of hydrogen-bond donors (Lipinski definition) is 0. The molecule has 3 heterocycles. The first-order valence-corrected chi connectivity index (χ1v) is 10.9. The zero-order valence-electron chi connectivity index (χ0n) is 18.4. The summed E-state index contributed by atoms with van der Waals surface area (Å²) < 4.78 is 17.2. The predicted molar refractivity (Wildman–Crippen MR) is 115 cm³/mol. The van der Waals surface area contributed by atoms with Crippen molar-refractivity contribution in [2.24, 2.45) is 5.41 Å². The summed E-state index contributed by atoms with van der Waals surface area (Å²) in [6.07, 6.45) is 3.66. The van der Waals surface area contributed by atoms with E-state index in [-0.39, 0.29) is 11.5 Å². The summed E-state index contributed by atoms with van der Waals surface area (Å²) in [5.41, 5.74) is 2.82. The van der Waals surface area contributed by atoms with Gasteiger partial charge in [-0.3, -0.25) is 4.79 Å². The second-order valence-electron chi connectivity index (χ2n) is 8.97. The number of nitrogens with zero attached hydrogens (tertiary/aromatic N) is 1. The Morgan fingerprint density at radius 1 is 1.07 bits per heavy atom. The van der Waals surface area contributed by atoms with E-state index in [0.717, 1.165) is 68.5 Å². The van der Waals surface area contributed by atoms with Crippen LogP contribution in [0.15, 0.2) is 21.3 Å². The molecule has 2 aromatic rings. The third kappa shape index (κ3) is 3.85. The highest BCUT2D eigenvalue weighted by Gasteiger charge is 2.38. The van der Waals surface area contributed by atoms with Crippen LogP contribution >= 0.6 is 0 Å². The molecule has 162 valence electrons. The molecule has 1 aromatic heterocycles. The monoisotopic (exact) mass is 413 g/mol. The SMILES string of the molecule is Cc1cc(OC(C)C(=O)N2CCC3(CCOCC3)CC2)c2c(C)c(C)c(=O)oc2c1.